The van der Waals surface area contributed by atoms with Crippen molar-refractivity contribution in [1.29, 1.82) is 0 Å². The predicted molar refractivity (Wildman–Crippen MR) is 54.0 cm³/mol. The molecule has 0 nitrogen and oxygen atoms in total. The van der Waals surface area contributed by atoms with Gasteiger partial charge in [-0.1, -0.05) is 6.92 Å². The Labute approximate surface area is 62.9 Å². The van der Waals surface area contributed by atoms with Crippen molar-refractivity contribution in [2.45, 2.75) is 6.92 Å². The maximum absolute atomic E-state index is 2.40. The minimum Gasteiger partial charge on any atom is -0.249 e. The van der Waals surface area contributed by atoms with E-state index >= 15 is 0 Å². The topological polar surface area (TPSA) is 0 Å². The van der Waals surface area contributed by atoms with Crippen molar-refractivity contribution < 1.29 is 0 Å². The minimum atomic E-state index is -0.189. The molecule has 0 saturated heterocycles. The summed E-state index contributed by atoms with van der Waals surface area (Å²) in [5.74, 6) is 1.47. The van der Waals surface area contributed by atoms with Gasteiger partial charge in [-0.3, -0.25) is 0 Å². The van der Waals surface area contributed by atoms with Crippen molar-refractivity contribution >= 4 is 18.6 Å². The third-order valence-electron chi connectivity index (χ3n) is 1.14. The van der Waals surface area contributed by atoms with Crippen LogP contribution in [0.4, 0.5) is 0 Å². The Morgan fingerprint density at radius 2 is 1.78 bits per heavy atom. The molecule has 0 fully saturated rings. The molecule has 0 N–H and O–H groups in total. The van der Waals surface area contributed by atoms with E-state index in [1.165, 1.54) is 26.7 Å². The lowest BCUT2D eigenvalue weighted by atomic mass is 10.9. The normalized spacial score (nSPS) is 15.1. The predicted octanol–water partition coefficient (Wildman–Crippen LogP) is 2.38. The number of hydrogen-bond acceptors (Lipinski definition) is 0. The van der Waals surface area contributed by atoms with Crippen LogP contribution in [0.1, 0.15) is 6.92 Å². The lowest BCUT2D eigenvalue weighted by Crippen LogP contribution is -1.99. The average Bonchev–Trinajstić information content (AvgIpc) is 1.63. The van der Waals surface area contributed by atoms with Crippen LogP contribution < -0.4 is 0 Å². The van der Waals surface area contributed by atoms with Crippen molar-refractivity contribution in [1.82, 2.24) is 0 Å². The molecule has 0 aromatic rings. The Morgan fingerprint density at radius 3 is 2.11 bits per heavy atom. The van der Waals surface area contributed by atoms with E-state index in [1.807, 2.05) is 0 Å². The summed E-state index contributed by atoms with van der Waals surface area (Å²) in [6.07, 6.45) is 10.0. The van der Waals surface area contributed by atoms with Crippen LogP contribution >= 0.6 is 18.6 Å². The van der Waals surface area contributed by atoms with Gasteiger partial charge in [0.25, 0.3) is 0 Å². The van der Waals surface area contributed by atoms with Gasteiger partial charge in [0.2, 0.25) is 0 Å². The first-order valence-corrected chi connectivity index (χ1v) is 7.87. The lowest BCUT2D eigenvalue weighted by molar-refractivity contribution is 1.44. The maximum atomic E-state index is 2.40. The van der Waals surface area contributed by atoms with Gasteiger partial charge in [0.05, 0.1) is 0 Å². The first kappa shape index (κ1) is 9.78. The van der Waals surface area contributed by atoms with Gasteiger partial charge in [-0.05, 0) is 36.8 Å². The Kier molecular flexibility index (Phi) is 4.97. The van der Waals surface area contributed by atoms with Crippen molar-refractivity contribution in [2.75, 3.05) is 36.8 Å². The zero-order valence-corrected chi connectivity index (χ0v) is 8.85. The summed E-state index contributed by atoms with van der Waals surface area (Å²) in [6, 6.07) is 0. The van der Waals surface area contributed by atoms with Crippen LogP contribution in [0.5, 0.6) is 0 Å². The van der Waals surface area contributed by atoms with E-state index < -0.39 is 0 Å². The molecule has 0 bridgehead atoms. The van der Waals surface area contributed by atoms with Crippen LogP contribution in [-0.4, -0.2) is 36.8 Å². The van der Waals surface area contributed by atoms with Crippen molar-refractivity contribution in [3.63, 3.8) is 0 Å². The van der Waals surface area contributed by atoms with E-state index in [1.54, 1.807) is 0 Å². The second-order valence-corrected chi connectivity index (χ2v) is 9.45. The van der Waals surface area contributed by atoms with Gasteiger partial charge >= 0.3 is 0 Å². The molecule has 0 aliphatic carbocycles. The first-order chi connectivity index (χ1) is 4.06. The van der Waals surface area contributed by atoms with E-state index in [9.17, 15) is 0 Å². The zero-order valence-electron chi connectivity index (χ0n) is 7.03. The summed E-state index contributed by atoms with van der Waals surface area (Å²) in [4.78, 5) is 0. The lowest BCUT2D eigenvalue weighted by Gasteiger charge is -2.24. The van der Waals surface area contributed by atoms with E-state index in [0.29, 0.717) is 0 Å². The molecule has 2 heteroatoms. The quantitative estimate of drug-likeness (QED) is 0.444. The van der Waals surface area contributed by atoms with Crippen LogP contribution in [0.2, 0.25) is 0 Å². The highest BCUT2D eigenvalue weighted by atomic mass is 32.3. The van der Waals surface area contributed by atoms with Crippen LogP contribution in [0.25, 0.3) is 0 Å². The molecule has 0 radical (unpaired) electrons. The minimum absolute atomic E-state index is 0.189. The molecule has 0 aromatic carbocycles. The zero-order chi connectivity index (χ0) is 7.33. The van der Waals surface area contributed by atoms with Crippen LogP contribution in [0.3, 0.4) is 0 Å². The SMILES string of the molecule is CCPCCS(C)(C)C. The molecule has 0 spiro atoms. The fourth-order valence-electron chi connectivity index (χ4n) is 0.555. The second kappa shape index (κ2) is 4.57. The highest BCUT2D eigenvalue weighted by Crippen LogP contribution is 2.35. The van der Waals surface area contributed by atoms with Gasteiger partial charge in [0.1, 0.15) is 0 Å². The van der Waals surface area contributed by atoms with Gasteiger partial charge in [0, 0.05) is 0 Å². The van der Waals surface area contributed by atoms with E-state index in [0.717, 1.165) is 0 Å². The molecule has 0 aliphatic rings. The molecule has 0 rings (SSSR count). The van der Waals surface area contributed by atoms with Crippen LogP contribution in [0.15, 0.2) is 0 Å². The molecule has 1 unspecified atom stereocenters. The van der Waals surface area contributed by atoms with Gasteiger partial charge < -0.3 is 0 Å². The fourth-order valence-corrected chi connectivity index (χ4v) is 3.94. The Balaban J connectivity index is 3.07. The van der Waals surface area contributed by atoms with Gasteiger partial charge in [-0.25, -0.2) is 10.0 Å². The van der Waals surface area contributed by atoms with E-state index in [2.05, 4.69) is 25.7 Å². The molecule has 0 saturated carbocycles. The number of hydrogen-bond donors (Lipinski definition) is 0. The van der Waals surface area contributed by atoms with Gasteiger partial charge in [-0.2, -0.15) is 0 Å². The molecule has 58 valence electrons. The highest BCUT2D eigenvalue weighted by Gasteiger charge is 2.01. The van der Waals surface area contributed by atoms with Crippen molar-refractivity contribution in [3.8, 4) is 0 Å². The third-order valence-corrected chi connectivity index (χ3v) is 4.04. The molecule has 0 amide bonds. The fraction of sp³-hybridized carbons (Fsp3) is 1.00. The summed E-state index contributed by atoms with van der Waals surface area (Å²) in [7, 11) is 1.02. The third kappa shape index (κ3) is 8.78. The molecule has 0 heterocycles. The van der Waals surface area contributed by atoms with Crippen molar-refractivity contribution in [3.05, 3.63) is 0 Å². The average molecular weight is 166 g/mol. The standard InChI is InChI=1S/C7H19PS/c1-5-8-6-7-9(2,3)4/h8H,5-7H2,1-4H3. The first-order valence-electron chi connectivity index (χ1n) is 3.43. The molecule has 0 aromatic heterocycles. The molecular weight excluding hydrogens is 147 g/mol. The van der Waals surface area contributed by atoms with Crippen molar-refractivity contribution in [2.24, 2.45) is 0 Å². The number of rotatable bonds is 4. The van der Waals surface area contributed by atoms with Gasteiger partial charge in [0.15, 0.2) is 0 Å². The largest absolute Gasteiger partial charge is 0.249 e. The van der Waals surface area contributed by atoms with E-state index in [-0.39, 0.29) is 10.0 Å². The monoisotopic (exact) mass is 166 g/mol. The molecular formula is C7H19PS. The van der Waals surface area contributed by atoms with Gasteiger partial charge in [-0.15, -0.1) is 8.58 Å². The van der Waals surface area contributed by atoms with E-state index in [4.69, 9.17) is 0 Å². The molecule has 1 atom stereocenters. The molecule has 9 heavy (non-hydrogen) atoms. The molecule has 0 aliphatic heterocycles. The Morgan fingerprint density at radius 1 is 1.22 bits per heavy atom. The summed E-state index contributed by atoms with van der Waals surface area (Å²) in [6.45, 7) is 2.27. The Hall–Kier alpha value is 0.780. The summed E-state index contributed by atoms with van der Waals surface area (Å²) in [5.41, 5.74) is 0. The van der Waals surface area contributed by atoms with Crippen LogP contribution in [0, 0.1) is 0 Å². The maximum Gasteiger partial charge on any atom is -0.0198 e. The smallest absolute Gasteiger partial charge is 0.0198 e. The Bertz CT molecular complexity index is 65.8. The summed E-state index contributed by atoms with van der Waals surface area (Å²) < 4.78 is 0. The summed E-state index contributed by atoms with van der Waals surface area (Å²) >= 11 is 0. The van der Waals surface area contributed by atoms with Crippen LogP contribution in [-0.2, 0) is 0 Å². The summed E-state index contributed by atoms with van der Waals surface area (Å²) in [5, 5.41) is 0. The second-order valence-electron chi connectivity index (χ2n) is 3.15. The highest BCUT2D eigenvalue weighted by molar-refractivity contribution is 8.32.